The molecule has 0 aliphatic rings. The minimum absolute atomic E-state index is 0.150. The van der Waals surface area contributed by atoms with Crippen molar-refractivity contribution in [2.24, 2.45) is 0 Å². The number of hydrogen-bond donors (Lipinski definition) is 0. The summed E-state index contributed by atoms with van der Waals surface area (Å²) in [5.74, 6) is -0.341. The molecule has 82 valence electrons. The summed E-state index contributed by atoms with van der Waals surface area (Å²) in [6.07, 6.45) is 0. The predicted octanol–water partition coefficient (Wildman–Crippen LogP) is 2.33. The lowest BCUT2D eigenvalue weighted by atomic mass is 10.3. The van der Waals surface area contributed by atoms with Gasteiger partial charge in [0.2, 0.25) is 0 Å². The number of urea groups is 1. The summed E-state index contributed by atoms with van der Waals surface area (Å²) < 4.78 is 12.9. The molecule has 0 heterocycles. The molecule has 0 bridgehead atoms. The number of carbonyl (C=O) groups is 1. The molecule has 0 aromatic heterocycles. The quantitative estimate of drug-likeness (QED) is 0.735. The van der Waals surface area contributed by atoms with Crippen molar-refractivity contribution in [2.75, 3.05) is 25.5 Å². The van der Waals surface area contributed by atoms with E-state index in [1.54, 1.807) is 31.1 Å². The molecule has 0 aliphatic carbocycles. The molecule has 2 amide bonds. The Balaban J connectivity index is 2.85. The van der Waals surface area contributed by atoms with Gasteiger partial charge in [0.15, 0.2) is 0 Å². The van der Waals surface area contributed by atoms with Crippen LogP contribution in [0, 0.1) is 5.82 Å². The Morgan fingerprint density at radius 3 is 2.60 bits per heavy atom. The summed E-state index contributed by atoms with van der Waals surface area (Å²) in [6.45, 7) is 2.51. The second-order valence-electron chi connectivity index (χ2n) is 3.34. The monoisotopic (exact) mass is 210 g/mol. The van der Waals surface area contributed by atoms with Gasteiger partial charge in [-0.3, -0.25) is 4.90 Å². The Labute approximate surface area is 89.1 Å². The maximum atomic E-state index is 12.9. The molecular weight excluding hydrogens is 195 g/mol. The molecule has 4 heteroatoms. The highest BCUT2D eigenvalue weighted by Gasteiger charge is 2.14. The van der Waals surface area contributed by atoms with Crippen molar-refractivity contribution in [3.63, 3.8) is 0 Å². The molecule has 3 nitrogen and oxygen atoms in total. The van der Waals surface area contributed by atoms with Gasteiger partial charge in [0, 0.05) is 26.3 Å². The second kappa shape index (κ2) is 4.77. The molecule has 1 aromatic rings. The van der Waals surface area contributed by atoms with E-state index < -0.39 is 0 Å². The summed E-state index contributed by atoms with van der Waals surface area (Å²) in [5, 5.41) is 0. The van der Waals surface area contributed by atoms with Crippen LogP contribution in [0.2, 0.25) is 0 Å². The van der Waals surface area contributed by atoms with Crippen molar-refractivity contribution in [1.82, 2.24) is 4.90 Å². The first-order valence-corrected chi connectivity index (χ1v) is 4.80. The Kier molecular flexibility index (Phi) is 3.66. The number of anilines is 1. The van der Waals surface area contributed by atoms with Crippen LogP contribution in [-0.2, 0) is 0 Å². The highest BCUT2D eigenvalue weighted by Crippen LogP contribution is 2.14. The van der Waals surface area contributed by atoms with Crippen LogP contribution in [0.4, 0.5) is 14.9 Å². The lowest BCUT2D eigenvalue weighted by molar-refractivity contribution is 0.219. The highest BCUT2D eigenvalue weighted by molar-refractivity contribution is 5.91. The predicted molar refractivity (Wildman–Crippen MR) is 58.5 cm³/mol. The maximum absolute atomic E-state index is 12.9. The third-order valence-corrected chi connectivity index (χ3v) is 2.28. The summed E-state index contributed by atoms with van der Waals surface area (Å²) in [6, 6.07) is 5.82. The maximum Gasteiger partial charge on any atom is 0.323 e. The van der Waals surface area contributed by atoms with Crippen molar-refractivity contribution >= 4 is 11.7 Å². The zero-order chi connectivity index (χ0) is 11.4. The topological polar surface area (TPSA) is 23.6 Å². The zero-order valence-corrected chi connectivity index (χ0v) is 9.20. The Morgan fingerprint density at radius 1 is 1.40 bits per heavy atom. The highest BCUT2D eigenvalue weighted by atomic mass is 19.1. The molecule has 0 saturated carbocycles. The fourth-order valence-electron chi connectivity index (χ4n) is 1.19. The first kappa shape index (κ1) is 11.5. The van der Waals surface area contributed by atoms with E-state index >= 15 is 0 Å². The lowest BCUT2D eigenvalue weighted by Gasteiger charge is -2.23. The molecule has 0 saturated heterocycles. The van der Waals surface area contributed by atoms with Gasteiger partial charge in [-0.2, -0.15) is 0 Å². The van der Waals surface area contributed by atoms with E-state index in [1.165, 1.54) is 17.0 Å². The van der Waals surface area contributed by atoms with Gasteiger partial charge in [-0.05, 0) is 25.1 Å². The van der Waals surface area contributed by atoms with Crippen LogP contribution in [0.1, 0.15) is 6.92 Å². The van der Waals surface area contributed by atoms with Crippen LogP contribution < -0.4 is 4.90 Å². The van der Waals surface area contributed by atoms with Gasteiger partial charge < -0.3 is 4.90 Å². The summed E-state index contributed by atoms with van der Waals surface area (Å²) in [5.41, 5.74) is 0.556. The molecule has 0 spiro atoms. The van der Waals surface area contributed by atoms with Crippen molar-refractivity contribution < 1.29 is 9.18 Å². The SMILES string of the molecule is CCN(C)C(=O)N(C)c1cccc(F)c1. The van der Waals surface area contributed by atoms with E-state index in [0.29, 0.717) is 12.2 Å². The first-order chi connectivity index (χ1) is 7.06. The fourth-order valence-corrected chi connectivity index (χ4v) is 1.19. The van der Waals surface area contributed by atoms with Crippen LogP contribution in [0.15, 0.2) is 24.3 Å². The summed E-state index contributed by atoms with van der Waals surface area (Å²) >= 11 is 0. The van der Waals surface area contributed by atoms with E-state index in [4.69, 9.17) is 0 Å². The van der Waals surface area contributed by atoms with E-state index in [1.807, 2.05) is 6.92 Å². The molecule has 0 fully saturated rings. The molecule has 0 atom stereocenters. The van der Waals surface area contributed by atoms with Crippen LogP contribution in [0.25, 0.3) is 0 Å². The summed E-state index contributed by atoms with van der Waals surface area (Å²) in [4.78, 5) is 14.7. The van der Waals surface area contributed by atoms with E-state index in [0.717, 1.165) is 0 Å². The van der Waals surface area contributed by atoms with Crippen LogP contribution in [0.3, 0.4) is 0 Å². The number of halogens is 1. The second-order valence-corrected chi connectivity index (χ2v) is 3.34. The van der Waals surface area contributed by atoms with Gasteiger partial charge >= 0.3 is 6.03 Å². The number of nitrogens with zero attached hydrogens (tertiary/aromatic N) is 2. The molecule has 0 radical (unpaired) electrons. The number of benzene rings is 1. The zero-order valence-electron chi connectivity index (χ0n) is 9.20. The van der Waals surface area contributed by atoms with Crippen LogP contribution >= 0.6 is 0 Å². The number of rotatable bonds is 2. The van der Waals surface area contributed by atoms with Crippen molar-refractivity contribution in [3.8, 4) is 0 Å². The average molecular weight is 210 g/mol. The molecule has 1 rings (SSSR count). The Hall–Kier alpha value is -1.58. The van der Waals surface area contributed by atoms with Gasteiger partial charge in [0.25, 0.3) is 0 Å². The third kappa shape index (κ3) is 2.68. The molecule has 0 aliphatic heterocycles. The summed E-state index contributed by atoms with van der Waals surface area (Å²) in [7, 11) is 3.33. The van der Waals surface area contributed by atoms with Gasteiger partial charge in [-0.25, -0.2) is 9.18 Å². The average Bonchev–Trinajstić information content (AvgIpc) is 2.26. The van der Waals surface area contributed by atoms with E-state index in [9.17, 15) is 9.18 Å². The minimum atomic E-state index is -0.341. The number of hydrogen-bond acceptors (Lipinski definition) is 1. The van der Waals surface area contributed by atoms with Crippen molar-refractivity contribution in [3.05, 3.63) is 30.1 Å². The third-order valence-electron chi connectivity index (χ3n) is 2.28. The Morgan fingerprint density at radius 2 is 2.07 bits per heavy atom. The standard InChI is InChI=1S/C11H15FN2O/c1-4-13(2)11(15)14(3)10-7-5-6-9(12)8-10/h5-8H,4H2,1-3H3. The van der Waals surface area contributed by atoms with Gasteiger partial charge in [-0.15, -0.1) is 0 Å². The lowest BCUT2D eigenvalue weighted by Crippen LogP contribution is -2.38. The van der Waals surface area contributed by atoms with E-state index in [-0.39, 0.29) is 11.8 Å². The molecular formula is C11H15FN2O. The molecule has 0 N–H and O–H groups in total. The van der Waals surface area contributed by atoms with Crippen molar-refractivity contribution in [1.29, 1.82) is 0 Å². The largest absolute Gasteiger partial charge is 0.328 e. The smallest absolute Gasteiger partial charge is 0.323 e. The molecule has 0 unspecified atom stereocenters. The van der Waals surface area contributed by atoms with E-state index in [2.05, 4.69) is 0 Å². The van der Waals surface area contributed by atoms with Gasteiger partial charge in [-0.1, -0.05) is 6.07 Å². The van der Waals surface area contributed by atoms with Gasteiger partial charge in [0.1, 0.15) is 5.82 Å². The molecule has 15 heavy (non-hydrogen) atoms. The number of carbonyl (C=O) groups excluding carboxylic acids is 1. The Bertz CT molecular complexity index is 354. The van der Waals surface area contributed by atoms with Crippen molar-refractivity contribution in [2.45, 2.75) is 6.92 Å². The fraction of sp³-hybridized carbons (Fsp3) is 0.364. The first-order valence-electron chi connectivity index (χ1n) is 4.80. The van der Waals surface area contributed by atoms with Crippen LogP contribution in [-0.4, -0.2) is 31.6 Å². The van der Waals surface area contributed by atoms with Gasteiger partial charge in [0.05, 0.1) is 0 Å². The number of amides is 2. The minimum Gasteiger partial charge on any atom is -0.328 e. The van der Waals surface area contributed by atoms with Crippen LogP contribution in [0.5, 0.6) is 0 Å². The normalized spacial score (nSPS) is 9.87. The molecule has 1 aromatic carbocycles.